The first-order valence-electron chi connectivity index (χ1n) is 10.0. The molecule has 3 heterocycles. The molecule has 4 fully saturated rings. The first-order valence-corrected chi connectivity index (χ1v) is 10.0. The summed E-state index contributed by atoms with van der Waals surface area (Å²) in [4.78, 5) is 16.7. The summed E-state index contributed by atoms with van der Waals surface area (Å²) in [6, 6.07) is 4.00. The molecule has 2 saturated carbocycles. The van der Waals surface area contributed by atoms with Gasteiger partial charge < -0.3 is 14.8 Å². The molecule has 140 valence electrons. The molecule has 4 aliphatic rings. The Balaban J connectivity index is 1.28. The molecule has 0 amide bonds. The van der Waals surface area contributed by atoms with E-state index >= 15 is 0 Å². The third-order valence-electron chi connectivity index (χ3n) is 7.50. The number of hydrogen-bond donors (Lipinski definition) is 1. The van der Waals surface area contributed by atoms with Gasteiger partial charge in [0.25, 0.3) is 0 Å². The van der Waals surface area contributed by atoms with Crippen molar-refractivity contribution in [1.29, 1.82) is 0 Å². The van der Waals surface area contributed by atoms with E-state index in [1.807, 2.05) is 12.3 Å². The number of epoxide rings is 1. The first kappa shape index (κ1) is 16.7. The lowest BCUT2D eigenvalue weighted by atomic mass is 9.53. The lowest BCUT2D eigenvalue weighted by Crippen LogP contribution is -2.51. The molecule has 0 unspecified atom stereocenters. The van der Waals surface area contributed by atoms with Crippen LogP contribution in [-0.2, 0) is 20.8 Å². The van der Waals surface area contributed by atoms with E-state index in [9.17, 15) is 4.79 Å². The number of ether oxygens (including phenoxy) is 2. The van der Waals surface area contributed by atoms with Crippen molar-refractivity contribution in [2.24, 2.45) is 23.2 Å². The molecule has 1 N–H and O–H groups in total. The Morgan fingerprint density at radius 2 is 2.27 bits per heavy atom. The Morgan fingerprint density at radius 1 is 1.38 bits per heavy atom. The van der Waals surface area contributed by atoms with Crippen LogP contribution in [0.4, 0.5) is 0 Å². The zero-order valence-corrected chi connectivity index (χ0v) is 15.4. The van der Waals surface area contributed by atoms with Crippen molar-refractivity contribution in [3.05, 3.63) is 30.1 Å². The van der Waals surface area contributed by atoms with Gasteiger partial charge in [-0.15, -0.1) is 0 Å². The summed E-state index contributed by atoms with van der Waals surface area (Å²) in [6.07, 6.45) is 9.52. The van der Waals surface area contributed by atoms with Gasteiger partial charge in [-0.3, -0.25) is 9.78 Å². The zero-order chi connectivity index (χ0) is 17.8. The van der Waals surface area contributed by atoms with E-state index in [4.69, 9.17) is 9.47 Å². The quantitative estimate of drug-likeness (QED) is 0.664. The van der Waals surface area contributed by atoms with Crippen LogP contribution in [0.2, 0.25) is 0 Å². The normalized spacial score (nSPS) is 43.7. The smallest absolute Gasteiger partial charge is 0.310 e. The van der Waals surface area contributed by atoms with Gasteiger partial charge in [0.1, 0.15) is 6.10 Å². The molecule has 1 aromatic rings. The average molecular weight is 356 g/mol. The number of aromatic nitrogens is 1. The van der Waals surface area contributed by atoms with Gasteiger partial charge >= 0.3 is 5.97 Å². The van der Waals surface area contributed by atoms with Crippen LogP contribution in [0.15, 0.2) is 24.5 Å². The second kappa shape index (κ2) is 6.03. The average Bonchev–Trinajstić information content (AvgIpc) is 3.33. The molecule has 0 bridgehead atoms. The van der Waals surface area contributed by atoms with Gasteiger partial charge in [-0.05, 0) is 55.1 Å². The van der Waals surface area contributed by atoms with Crippen LogP contribution in [-0.4, -0.2) is 35.8 Å². The highest BCUT2D eigenvalue weighted by atomic mass is 16.6. The molecule has 5 nitrogen and oxygen atoms in total. The summed E-state index contributed by atoms with van der Waals surface area (Å²) in [5.74, 6) is 0.882. The second-order valence-corrected chi connectivity index (χ2v) is 9.09. The third kappa shape index (κ3) is 2.67. The molecule has 1 aromatic heterocycles. The summed E-state index contributed by atoms with van der Waals surface area (Å²) in [5.41, 5.74) is 1.54. The Bertz CT molecular complexity index is 690. The van der Waals surface area contributed by atoms with Crippen LogP contribution in [0.25, 0.3) is 0 Å². The SMILES string of the molecule is C[C@]12CCC[C@]3(CO3)[C@H]1C[C@H]1[C@@H](C2)OC(=O)[C@@H]1CNCc1cccnc1. The minimum absolute atomic E-state index is 0.00769. The molecule has 5 heteroatoms. The topological polar surface area (TPSA) is 63.8 Å². The van der Waals surface area contributed by atoms with Crippen LogP contribution in [0.5, 0.6) is 0 Å². The van der Waals surface area contributed by atoms with Gasteiger partial charge in [0.2, 0.25) is 0 Å². The number of fused-ring (bicyclic) bond motifs is 3. The molecule has 2 saturated heterocycles. The second-order valence-electron chi connectivity index (χ2n) is 9.09. The molecule has 5 rings (SSSR count). The van der Waals surface area contributed by atoms with Crippen molar-refractivity contribution in [3.8, 4) is 0 Å². The van der Waals surface area contributed by atoms with Gasteiger partial charge in [-0.1, -0.05) is 13.0 Å². The Hall–Kier alpha value is -1.46. The number of nitrogens with zero attached hydrogens (tertiary/aromatic N) is 1. The fourth-order valence-electron chi connectivity index (χ4n) is 6.06. The van der Waals surface area contributed by atoms with Gasteiger partial charge in [-0.25, -0.2) is 0 Å². The van der Waals surface area contributed by atoms with Gasteiger partial charge in [0.15, 0.2) is 0 Å². The van der Waals surface area contributed by atoms with E-state index in [0.717, 1.165) is 31.6 Å². The number of carbonyl (C=O) groups excluding carboxylic acids is 1. The van der Waals surface area contributed by atoms with Crippen LogP contribution < -0.4 is 5.32 Å². The fraction of sp³-hybridized carbons (Fsp3) is 0.714. The van der Waals surface area contributed by atoms with Crippen LogP contribution >= 0.6 is 0 Å². The van der Waals surface area contributed by atoms with E-state index in [0.29, 0.717) is 18.4 Å². The van der Waals surface area contributed by atoms with E-state index in [2.05, 4.69) is 23.3 Å². The summed E-state index contributed by atoms with van der Waals surface area (Å²) >= 11 is 0. The number of carbonyl (C=O) groups is 1. The zero-order valence-electron chi connectivity index (χ0n) is 15.4. The van der Waals surface area contributed by atoms with Gasteiger partial charge in [-0.2, -0.15) is 0 Å². The standard InChI is InChI=1S/C21H28N2O3/c1-20-5-3-6-21(13-25-21)18(20)8-15-16(19(24)26-17(15)9-20)12-23-11-14-4-2-7-22-10-14/h2,4,7,10,15-18,23H,3,5-6,8-9,11-13H2,1H3/t15-,16-,17-,18+,20-,21+/m1/s1. The summed E-state index contributed by atoms with van der Waals surface area (Å²) in [5, 5.41) is 3.45. The maximum atomic E-state index is 12.6. The van der Waals surface area contributed by atoms with E-state index in [1.165, 1.54) is 19.3 Å². The molecular formula is C21H28N2O3. The van der Waals surface area contributed by atoms with Crippen LogP contribution in [0.1, 0.15) is 44.6 Å². The van der Waals surface area contributed by atoms with Crippen molar-refractivity contribution in [2.45, 2.75) is 57.3 Å². The number of rotatable bonds is 4. The molecule has 2 aliphatic heterocycles. The monoisotopic (exact) mass is 356 g/mol. The van der Waals surface area contributed by atoms with Crippen molar-refractivity contribution in [1.82, 2.24) is 10.3 Å². The predicted molar refractivity (Wildman–Crippen MR) is 96.2 cm³/mol. The van der Waals surface area contributed by atoms with E-state index in [-0.39, 0.29) is 29.0 Å². The molecule has 1 spiro atoms. The maximum absolute atomic E-state index is 12.6. The third-order valence-corrected chi connectivity index (χ3v) is 7.50. The number of esters is 1. The number of pyridine rings is 1. The molecule has 26 heavy (non-hydrogen) atoms. The molecule has 0 aromatic carbocycles. The number of hydrogen-bond acceptors (Lipinski definition) is 5. The van der Waals surface area contributed by atoms with Crippen molar-refractivity contribution in [2.75, 3.05) is 13.2 Å². The lowest BCUT2D eigenvalue weighted by Gasteiger charge is -2.51. The molecule has 2 aliphatic carbocycles. The molecule has 0 radical (unpaired) electrons. The number of nitrogens with one attached hydrogen (secondary N) is 1. The van der Waals surface area contributed by atoms with E-state index < -0.39 is 0 Å². The molecule has 6 atom stereocenters. The van der Waals surface area contributed by atoms with Crippen molar-refractivity contribution >= 4 is 5.97 Å². The predicted octanol–water partition coefficient (Wildman–Crippen LogP) is 2.70. The Kier molecular flexibility index (Phi) is 3.87. The summed E-state index contributed by atoms with van der Waals surface area (Å²) < 4.78 is 11.8. The highest BCUT2D eigenvalue weighted by Gasteiger charge is 2.64. The maximum Gasteiger partial charge on any atom is 0.310 e. The largest absolute Gasteiger partial charge is 0.462 e. The highest BCUT2D eigenvalue weighted by molar-refractivity contribution is 5.75. The molecular weight excluding hydrogens is 328 g/mol. The Morgan fingerprint density at radius 3 is 3.04 bits per heavy atom. The van der Waals surface area contributed by atoms with Crippen LogP contribution in [0.3, 0.4) is 0 Å². The lowest BCUT2D eigenvalue weighted by molar-refractivity contribution is -0.147. The van der Waals surface area contributed by atoms with Crippen LogP contribution in [0, 0.1) is 23.2 Å². The van der Waals surface area contributed by atoms with Gasteiger partial charge in [0.05, 0.1) is 18.1 Å². The fourth-order valence-corrected chi connectivity index (χ4v) is 6.06. The Labute approximate surface area is 154 Å². The highest BCUT2D eigenvalue weighted by Crippen LogP contribution is 2.62. The summed E-state index contributed by atoms with van der Waals surface area (Å²) in [7, 11) is 0. The first-order chi connectivity index (χ1) is 12.6. The van der Waals surface area contributed by atoms with E-state index in [1.54, 1.807) is 6.20 Å². The van der Waals surface area contributed by atoms with Crippen molar-refractivity contribution in [3.63, 3.8) is 0 Å². The van der Waals surface area contributed by atoms with Gasteiger partial charge in [0, 0.05) is 31.4 Å². The minimum Gasteiger partial charge on any atom is -0.462 e. The minimum atomic E-state index is -0.0288. The summed E-state index contributed by atoms with van der Waals surface area (Å²) in [6.45, 7) is 4.75. The van der Waals surface area contributed by atoms with Crippen molar-refractivity contribution < 1.29 is 14.3 Å².